The lowest BCUT2D eigenvalue weighted by Crippen LogP contribution is -2.55. The zero-order chi connectivity index (χ0) is 9.84. The summed E-state index contributed by atoms with van der Waals surface area (Å²) in [5, 5.41) is 0.160. The zero-order valence-electron chi connectivity index (χ0n) is 7.68. The molecule has 5 nitrogen and oxygen atoms in total. The molecule has 0 saturated carbocycles. The Balaban J connectivity index is 2.42. The highest BCUT2D eigenvalue weighted by molar-refractivity contribution is 7.80. The number of nitrogens with zero attached hydrogens (tertiary/aromatic N) is 3. The fourth-order valence-electron chi connectivity index (χ4n) is 1.17. The minimum absolute atomic E-state index is 0.0616. The van der Waals surface area contributed by atoms with Crippen LogP contribution in [0.2, 0.25) is 0 Å². The minimum atomic E-state index is 0.0616. The third-order valence-corrected chi connectivity index (χ3v) is 2.18. The molecule has 0 amide bonds. The molecule has 0 spiro atoms. The van der Waals surface area contributed by atoms with Crippen molar-refractivity contribution in [2.24, 2.45) is 16.5 Å². The molecule has 0 aliphatic carbocycles. The Morgan fingerprint density at radius 3 is 2.85 bits per heavy atom. The summed E-state index contributed by atoms with van der Waals surface area (Å²) in [6, 6.07) is 0. The van der Waals surface area contributed by atoms with E-state index in [1.165, 1.54) is 0 Å². The van der Waals surface area contributed by atoms with Gasteiger partial charge in [0.1, 0.15) is 0 Å². The molecular formula is C7H15N5S. The van der Waals surface area contributed by atoms with Crippen LogP contribution < -0.4 is 11.5 Å². The van der Waals surface area contributed by atoms with Crippen LogP contribution in [0.5, 0.6) is 0 Å². The molecule has 1 atom stereocenters. The summed E-state index contributed by atoms with van der Waals surface area (Å²) < 4.78 is 0. The third kappa shape index (κ3) is 3.25. The summed E-state index contributed by atoms with van der Waals surface area (Å²) in [6.07, 6.45) is 1.72. The van der Waals surface area contributed by atoms with Crippen molar-refractivity contribution in [3.63, 3.8) is 0 Å². The highest BCUT2D eigenvalue weighted by Gasteiger charge is 2.18. The van der Waals surface area contributed by atoms with Gasteiger partial charge in [0.05, 0.1) is 12.5 Å². The van der Waals surface area contributed by atoms with Crippen LogP contribution in [0.3, 0.4) is 0 Å². The Labute approximate surface area is 83.4 Å². The first-order valence-electron chi connectivity index (χ1n) is 4.13. The number of hydrogen-bond acceptors (Lipinski definition) is 3. The fraction of sp³-hybridized carbons (Fsp3) is 0.714. The normalized spacial score (nSPS) is 25.4. The van der Waals surface area contributed by atoms with Gasteiger partial charge in [-0.1, -0.05) is 0 Å². The molecule has 0 aromatic heterocycles. The van der Waals surface area contributed by atoms with Crippen LogP contribution in [-0.2, 0) is 0 Å². The van der Waals surface area contributed by atoms with Gasteiger partial charge in [-0.2, -0.15) is 0 Å². The number of piperazine rings is 1. The van der Waals surface area contributed by atoms with Crippen LogP contribution in [0.15, 0.2) is 4.99 Å². The quantitative estimate of drug-likeness (QED) is 0.316. The molecule has 1 heterocycles. The Bertz CT molecular complexity index is 217. The van der Waals surface area contributed by atoms with Crippen LogP contribution in [-0.4, -0.2) is 54.1 Å². The number of rotatable bonds is 1. The van der Waals surface area contributed by atoms with E-state index in [0.717, 1.165) is 19.6 Å². The van der Waals surface area contributed by atoms with Gasteiger partial charge in [0.25, 0.3) is 0 Å². The van der Waals surface area contributed by atoms with Gasteiger partial charge in [0, 0.05) is 19.6 Å². The smallest absolute Gasteiger partial charge is 0.191 e. The fourth-order valence-corrected chi connectivity index (χ4v) is 1.21. The minimum Gasteiger partial charge on any atom is -0.374 e. The van der Waals surface area contributed by atoms with Crippen molar-refractivity contribution in [1.29, 1.82) is 0 Å². The SMILES string of the molecule is CN1CCN(C=NC(N)=S)CC1N. The Morgan fingerprint density at radius 2 is 2.31 bits per heavy atom. The van der Waals surface area contributed by atoms with E-state index in [9.17, 15) is 0 Å². The number of likely N-dealkylation sites (N-methyl/N-ethyl adjacent to an activating group) is 1. The second-order valence-electron chi connectivity index (χ2n) is 3.13. The zero-order valence-corrected chi connectivity index (χ0v) is 8.50. The van der Waals surface area contributed by atoms with E-state index in [1.54, 1.807) is 6.34 Å². The van der Waals surface area contributed by atoms with Crippen LogP contribution in [0, 0.1) is 0 Å². The summed E-state index contributed by atoms with van der Waals surface area (Å²) in [4.78, 5) is 7.96. The second-order valence-corrected chi connectivity index (χ2v) is 3.54. The first-order chi connectivity index (χ1) is 6.09. The van der Waals surface area contributed by atoms with Gasteiger partial charge in [-0.15, -0.1) is 0 Å². The van der Waals surface area contributed by atoms with Crippen LogP contribution in [0.4, 0.5) is 0 Å². The van der Waals surface area contributed by atoms with Crippen molar-refractivity contribution < 1.29 is 0 Å². The predicted octanol–water partition coefficient (Wildman–Crippen LogP) is -1.21. The van der Waals surface area contributed by atoms with Gasteiger partial charge in [-0.25, -0.2) is 4.99 Å². The third-order valence-electron chi connectivity index (χ3n) is 2.08. The average Bonchev–Trinajstić information content (AvgIpc) is 2.07. The largest absolute Gasteiger partial charge is 0.374 e. The average molecular weight is 201 g/mol. The molecule has 0 bridgehead atoms. The van der Waals surface area contributed by atoms with Crippen molar-refractivity contribution in [3.8, 4) is 0 Å². The van der Waals surface area contributed by atoms with Crippen LogP contribution >= 0.6 is 12.2 Å². The molecule has 1 aliphatic rings. The van der Waals surface area contributed by atoms with E-state index in [4.69, 9.17) is 11.5 Å². The maximum absolute atomic E-state index is 5.83. The maximum atomic E-state index is 5.83. The Morgan fingerprint density at radius 1 is 1.62 bits per heavy atom. The first-order valence-corrected chi connectivity index (χ1v) is 4.54. The topological polar surface area (TPSA) is 70.9 Å². The molecule has 1 saturated heterocycles. The van der Waals surface area contributed by atoms with E-state index in [0.29, 0.717) is 0 Å². The number of thiocarbonyl (C=S) groups is 1. The monoisotopic (exact) mass is 201 g/mol. The van der Waals surface area contributed by atoms with Crippen molar-refractivity contribution >= 4 is 23.7 Å². The van der Waals surface area contributed by atoms with Crippen LogP contribution in [0.25, 0.3) is 0 Å². The van der Waals surface area contributed by atoms with Gasteiger partial charge in [0.2, 0.25) is 0 Å². The molecule has 0 aromatic carbocycles. The van der Waals surface area contributed by atoms with E-state index in [1.807, 2.05) is 11.9 Å². The van der Waals surface area contributed by atoms with Crippen molar-refractivity contribution in [1.82, 2.24) is 9.80 Å². The molecule has 0 radical (unpaired) electrons. The Hall–Kier alpha value is -0.720. The summed E-state index contributed by atoms with van der Waals surface area (Å²) in [6.45, 7) is 2.61. The van der Waals surface area contributed by atoms with Crippen LogP contribution in [0.1, 0.15) is 0 Å². The molecule has 1 unspecified atom stereocenters. The molecule has 1 aliphatic heterocycles. The highest BCUT2D eigenvalue weighted by Crippen LogP contribution is 2.00. The summed E-state index contributed by atoms with van der Waals surface area (Å²) >= 11 is 4.63. The molecule has 74 valence electrons. The van der Waals surface area contributed by atoms with E-state index < -0.39 is 0 Å². The van der Waals surface area contributed by atoms with E-state index >= 15 is 0 Å². The second kappa shape index (κ2) is 4.50. The van der Waals surface area contributed by atoms with Crippen molar-refractivity contribution in [2.45, 2.75) is 6.17 Å². The van der Waals surface area contributed by atoms with Gasteiger partial charge < -0.3 is 16.4 Å². The predicted molar refractivity (Wildman–Crippen MR) is 57.5 cm³/mol. The molecule has 1 rings (SSSR count). The molecule has 6 heteroatoms. The lowest BCUT2D eigenvalue weighted by Gasteiger charge is -2.36. The molecular weight excluding hydrogens is 186 g/mol. The number of nitrogens with two attached hydrogens (primary N) is 2. The Kier molecular flexibility index (Phi) is 3.58. The van der Waals surface area contributed by atoms with Crippen molar-refractivity contribution in [3.05, 3.63) is 0 Å². The standard InChI is InChI=1S/C7H15N5S/c1-11-2-3-12(4-6(11)8)5-10-7(9)13/h5-6H,2-4,8H2,1H3,(H2,9,13). The number of hydrogen-bond donors (Lipinski definition) is 2. The van der Waals surface area contributed by atoms with Gasteiger partial charge >= 0.3 is 0 Å². The number of aliphatic imine (C=N–C) groups is 1. The lowest BCUT2D eigenvalue weighted by atomic mass is 10.3. The van der Waals surface area contributed by atoms with E-state index in [2.05, 4.69) is 22.1 Å². The van der Waals surface area contributed by atoms with Gasteiger partial charge in [0.15, 0.2) is 5.11 Å². The van der Waals surface area contributed by atoms with Gasteiger partial charge in [-0.3, -0.25) is 4.90 Å². The first kappa shape index (κ1) is 10.4. The summed E-state index contributed by atoms with van der Waals surface area (Å²) in [5.74, 6) is 0. The lowest BCUT2D eigenvalue weighted by molar-refractivity contribution is 0.148. The summed E-state index contributed by atoms with van der Waals surface area (Å²) in [5.41, 5.74) is 11.1. The highest BCUT2D eigenvalue weighted by atomic mass is 32.1. The molecule has 1 fully saturated rings. The summed E-state index contributed by atoms with van der Waals surface area (Å²) in [7, 11) is 2.01. The van der Waals surface area contributed by atoms with E-state index in [-0.39, 0.29) is 11.3 Å². The molecule has 13 heavy (non-hydrogen) atoms. The van der Waals surface area contributed by atoms with Gasteiger partial charge in [-0.05, 0) is 19.3 Å². The maximum Gasteiger partial charge on any atom is 0.191 e. The molecule has 0 aromatic rings. The molecule has 4 N–H and O–H groups in total. The van der Waals surface area contributed by atoms with Crippen molar-refractivity contribution in [2.75, 3.05) is 26.7 Å².